The van der Waals surface area contributed by atoms with Crippen LogP contribution in [0.4, 0.5) is 17.1 Å². The maximum Gasteiger partial charge on any atom is 0.160 e. The Morgan fingerprint density at radius 1 is 0.516 bits per heavy atom. The molecule has 62 heavy (non-hydrogen) atoms. The van der Waals surface area contributed by atoms with E-state index in [1.807, 2.05) is 65.7 Å². The molecule has 0 saturated carbocycles. The van der Waals surface area contributed by atoms with Crippen LogP contribution in [0.25, 0.3) is 87.8 Å². The van der Waals surface area contributed by atoms with Gasteiger partial charge >= 0.3 is 0 Å². The summed E-state index contributed by atoms with van der Waals surface area (Å²) < 4.78 is 35.7. The number of hydrogen-bond donors (Lipinski definition) is 0. The van der Waals surface area contributed by atoms with Gasteiger partial charge in [0.2, 0.25) is 0 Å². The second kappa shape index (κ2) is 14.1. The van der Waals surface area contributed by atoms with E-state index >= 15 is 0 Å². The minimum atomic E-state index is -2.35. The van der Waals surface area contributed by atoms with Crippen LogP contribution >= 0.6 is 0 Å². The number of para-hydroxylation sites is 3. The number of ether oxygens (including phenoxy) is 1. The molecule has 0 bridgehead atoms. The van der Waals surface area contributed by atoms with Gasteiger partial charge in [-0.2, -0.15) is 18.8 Å². The van der Waals surface area contributed by atoms with Crippen molar-refractivity contribution in [3.05, 3.63) is 201 Å². The van der Waals surface area contributed by atoms with Crippen LogP contribution in [0.15, 0.2) is 182 Å². The summed E-state index contributed by atoms with van der Waals surface area (Å²) >= 11 is 0. The molecule has 0 spiro atoms. The number of pyridine rings is 1. The van der Waals surface area contributed by atoms with Crippen LogP contribution in [0.1, 0.15) is 4.11 Å². The third-order valence-electron chi connectivity index (χ3n) is 12.1. The summed E-state index contributed by atoms with van der Waals surface area (Å²) in [6, 6.07) is 67.6. The Hall–Kier alpha value is -7.40. The first-order valence-electron chi connectivity index (χ1n) is 21.8. The van der Waals surface area contributed by atoms with Crippen molar-refractivity contribution in [1.29, 1.82) is 0 Å². The summed E-state index contributed by atoms with van der Waals surface area (Å²) in [5, 5.41) is 6.64. The van der Waals surface area contributed by atoms with Crippen LogP contribution in [0.2, 0.25) is 0 Å². The smallest absolute Gasteiger partial charge is 0.160 e. The van der Waals surface area contributed by atoms with Gasteiger partial charge in [0.25, 0.3) is 0 Å². The fourth-order valence-corrected chi connectivity index (χ4v) is 9.46. The van der Waals surface area contributed by atoms with E-state index < -0.39 is 6.98 Å². The molecule has 5 heterocycles. The number of nitrogens with zero attached hydrogens (tertiary/aromatic N) is 5. The van der Waals surface area contributed by atoms with Crippen molar-refractivity contribution in [2.24, 2.45) is 0 Å². The van der Waals surface area contributed by atoms with Crippen molar-refractivity contribution < 1.29 is 29.9 Å². The van der Waals surface area contributed by atoms with Gasteiger partial charge in [-0.25, -0.2) is 4.98 Å². The average Bonchev–Trinajstić information content (AvgIpc) is 3.99. The van der Waals surface area contributed by atoms with Crippen molar-refractivity contribution in [2.45, 2.75) is 0 Å². The fraction of sp³-hybridized carbons (Fsp3) is 0.0182. The summed E-state index contributed by atoms with van der Waals surface area (Å²) in [6.07, 6.45) is 1.86. The Morgan fingerprint density at radius 2 is 1.19 bits per heavy atom. The maximum absolute atomic E-state index is 8.16. The molecular formula is C55H34N5OPt-3. The van der Waals surface area contributed by atoms with E-state index in [0.29, 0.717) is 22.9 Å². The first-order valence-corrected chi connectivity index (χ1v) is 20.3. The zero-order chi connectivity index (χ0) is 42.7. The van der Waals surface area contributed by atoms with Crippen LogP contribution in [0, 0.1) is 18.8 Å². The van der Waals surface area contributed by atoms with Crippen molar-refractivity contribution in [3.63, 3.8) is 0 Å². The van der Waals surface area contributed by atoms with Gasteiger partial charge in [-0.05, 0) is 83.1 Å². The summed E-state index contributed by atoms with van der Waals surface area (Å²) in [5.74, 6) is 0.970. The van der Waals surface area contributed by atoms with E-state index in [-0.39, 0.29) is 21.1 Å². The molecule has 4 aromatic heterocycles. The van der Waals surface area contributed by atoms with Crippen molar-refractivity contribution in [2.75, 3.05) is 16.8 Å². The molecule has 0 atom stereocenters. The average molecular weight is 979 g/mol. The van der Waals surface area contributed by atoms with E-state index in [9.17, 15) is 0 Å². The van der Waals surface area contributed by atoms with Gasteiger partial charge in [0, 0.05) is 81.3 Å². The SMILES string of the molecule is [2H]C([2H])([2H])N1[CH-]N(c2[c-]c(Oc3[c-]c4c(cc3)c3cccc5c6cc(-c7ccccc7)cc7c8cc(-c9ccccc9)ccc8n(c8cccnc8n4c35)c76)ccc2)c2ccccc21.[Pt]. The molecule has 7 heteroatoms. The third-order valence-corrected chi connectivity index (χ3v) is 12.1. The third kappa shape index (κ3) is 5.43. The largest absolute Gasteiger partial charge is 0.509 e. The molecule has 0 unspecified atom stereocenters. The number of rotatable bonds is 5. The standard InChI is InChI=1S/C55H34N5O.Pt/c1-57-34-58(50-22-9-8-21-49(50)57)39-17-10-18-40(32-39)61-41-25-26-42-43-19-11-20-44-46-30-38(36-15-6-3-7-16-36)31-47-45-29-37(35-13-4-2-5-14-35)24-27-48(45)59(54(46)47)51-23-12-28-56-55(51)60(53(43)44)52(42)33-41;/h2-31,34H,1H3;/q-3;/i1D3;. The molecule has 8 aromatic carbocycles. The van der Waals surface area contributed by atoms with E-state index in [0.717, 1.165) is 82.5 Å². The maximum atomic E-state index is 8.16. The van der Waals surface area contributed by atoms with Crippen LogP contribution in [-0.2, 0) is 21.1 Å². The number of fused-ring (bicyclic) bond motifs is 11. The molecule has 0 aliphatic carbocycles. The van der Waals surface area contributed by atoms with Crippen molar-refractivity contribution >= 4 is 82.6 Å². The van der Waals surface area contributed by atoms with E-state index in [2.05, 4.69) is 142 Å². The molecule has 0 fully saturated rings. The Bertz CT molecular complexity index is 3870. The van der Waals surface area contributed by atoms with Gasteiger partial charge in [-0.3, -0.25) is 0 Å². The Morgan fingerprint density at radius 3 is 2.00 bits per heavy atom. The quantitative estimate of drug-likeness (QED) is 0.161. The monoisotopic (exact) mass is 978 g/mol. The molecule has 13 rings (SSSR count). The first kappa shape index (κ1) is 33.3. The van der Waals surface area contributed by atoms with Crippen molar-refractivity contribution in [3.8, 4) is 33.8 Å². The van der Waals surface area contributed by atoms with Gasteiger partial charge in [0.15, 0.2) is 5.65 Å². The summed E-state index contributed by atoms with van der Waals surface area (Å²) in [4.78, 5) is 8.31. The molecule has 0 N–H and O–H groups in total. The normalized spacial score (nSPS) is 13.6. The molecule has 0 radical (unpaired) electrons. The Balaban J connectivity index is 0.00000444. The molecule has 12 aromatic rings. The summed E-state index contributed by atoms with van der Waals surface area (Å²) in [6.45, 7) is -0.755. The van der Waals surface area contributed by atoms with Gasteiger partial charge in [0.05, 0.1) is 16.6 Å². The van der Waals surface area contributed by atoms with Crippen molar-refractivity contribution in [1.82, 2.24) is 13.8 Å². The van der Waals surface area contributed by atoms with Crippen LogP contribution in [-0.4, -0.2) is 20.8 Å². The van der Waals surface area contributed by atoms with Gasteiger partial charge < -0.3 is 23.3 Å². The minimum Gasteiger partial charge on any atom is -0.509 e. The Labute approximate surface area is 375 Å². The number of hydrogen-bond acceptors (Lipinski definition) is 4. The predicted octanol–water partition coefficient (Wildman–Crippen LogP) is 13.8. The molecule has 1 aliphatic rings. The predicted molar refractivity (Wildman–Crippen MR) is 250 cm³/mol. The second-order valence-corrected chi connectivity index (χ2v) is 15.5. The number of benzene rings is 8. The fourth-order valence-electron chi connectivity index (χ4n) is 9.46. The number of anilines is 3. The van der Waals surface area contributed by atoms with E-state index in [1.54, 1.807) is 6.67 Å². The molecule has 6 nitrogen and oxygen atoms in total. The molecule has 1 aliphatic heterocycles. The van der Waals surface area contributed by atoms with Gasteiger partial charge in [-0.1, -0.05) is 103 Å². The summed E-state index contributed by atoms with van der Waals surface area (Å²) in [5.41, 5.74) is 12.4. The molecule has 0 amide bonds. The molecule has 298 valence electrons. The van der Waals surface area contributed by atoms with E-state index in [1.165, 1.54) is 15.8 Å². The Kier molecular flexibility index (Phi) is 7.57. The van der Waals surface area contributed by atoms with Gasteiger partial charge in [-0.15, -0.1) is 41.4 Å². The van der Waals surface area contributed by atoms with Crippen LogP contribution in [0.3, 0.4) is 0 Å². The van der Waals surface area contributed by atoms with Crippen LogP contribution < -0.4 is 14.5 Å². The topological polar surface area (TPSA) is 37.4 Å². The van der Waals surface area contributed by atoms with E-state index in [4.69, 9.17) is 13.8 Å². The van der Waals surface area contributed by atoms with Crippen LogP contribution in [0.5, 0.6) is 11.5 Å². The number of aromatic nitrogens is 3. The zero-order valence-corrected chi connectivity index (χ0v) is 35.1. The minimum absolute atomic E-state index is 0. The molecular weight excluding hydrogens is 942 g/mol. The second-order valence-electron chi connectivity index (χ2n) is 15.5. The molecule has 0 saturated heterocycles. The zero-order valence-electron chi connectivity index (χ0n) is 35.9. The summed E-state index contributed by atoms with van der Waals surface area (Å²) in [7, 11) is 0. The first-order chi connectivity index (χ1) is 31.4. The van der Waals surface area contributed by atoms with Gasteiger partial charge in [0.1, 0.15) is 0 Å².